The highest BCUT2D eigenvalue weighted by molar-refractivity contribution is 7.10. The predicted octanol–water partition coefficient (Wildman–Crippen LogP) is 3.70. The van der Waals surface area contributed by atoms with E-state index in [1.807, 2.05) is 31.4 Å². The third-order valence-corrected chi connectivity index (χ3v) is 5.37. The van der Waals surface area contributed by atoms with E-state index < -0.39 is 30.1 Å². The Morgan fingerprint density at radius 3 is 2.24 bits per heavy atom. The van der Waals surface area contributed by atoms with Crippen LogP contribution in [0.3, 0.4) is 0 Å². The average molecular weight is 424 g/mol. The second-order valence-corrected chi connectivity index (χ2v) is 7.22. The van der Waals surface area contributed by atoms with Gasteiger partial charge in [0.05, 0.1) is 18.8 Å². The van der Waals surface area contributed by atoms with Crippen molar-refractivity contribution in [1.29, 1.82) is 0 Å². The summed E-state index contributed by atoms with van der Waals surface area (Å²) in [5, 5.41) is 1.91. The van der Waals surface area contributed by atoms with Crippen LogP contribution in [0.2, 0.25) is 0 Å². The van der Waals surface area contributed by atoms with Crippen molar-refractivity contribution in [1.82, 2.24) is 0 Å². The predicted molar refractivity (Wildman–Crippen MR) is 111 cm³/mol. The Kier molecular flexibility index (Phi) is 9.00. The van der Waals surface area contributed by atoms with Gasteiger partial charge in [-0.1, -0.05) is 6.07 Å². The van der Waals surface area contributed by atoms with Gasteiger partial charge < -0.3 is 18.9 Å². The molecule has 7 nitrogen and oxygen atoms in total. The number of carbonyl (C=O) groups is 2. The van der Waals surface area contributed by atoms with Crippen LogP contribution in [0.1, 0.15) is 45.4 Å². The summed E-state index contributed by atoms with van der Waals surface area (Å²) in [6.07, 6.45) is -0.829. The topological polar surface area (TPSA) is 83.4 Å². The number of aliphatic imine (C=N–C) groups is 1. The summed E-state index contributed by atoms with van der Waals surface area (Å²) in [6, 6.07) is 3.78. The minimum Gasteiger partial charge on any atom is -0.465 e. The number of ether oxygens (including phenoxy) is 4. The first-order valence-electron chi connectivity index (χ1n) is 9.89. The van der Waals surface area contributed by atoms with E-state index in [4.69, 9.17) is 18.9 Å². The average Bonchev–Trinajstić information content (AvgIpc) is 3.21. The van der Waals surface area contributed by atoms with Gasteiger partial charge in [-0.3, -0.25) is 9.79 Å². The van der Waals surface area contributed by atoms with Gasteiger partial charge in [0.25, 0.3) is 0 Å². The Morgan fingerprint density at radius 2 is 1.72 bits per heavy atom. The van der Waals surface area contributed by atoms with Crippen LogP contribution < -0.4 is 0 Å². The van der Waals surface area contributed by atoms with Gasteiger partial charge in [0.2, 0.25) is 6.29 Å². The molecular formula is C21H29NO6S. The number of hydrogen-bond acceptors (Lipinski definition) is 8. The van der Waals surface area contributed by atoms with Gasteiger partial charge in [-0.2, -0.15) is 0 Å². The Hall–Kier alpha value is -2.03. The maximum Gasteiger partial charge on any atom is 0.336 e. The van der Waals surface area contributed by atoms with Crippen molar-refractivity contribution in [2.24, 2.45) is 10.9 Å². The molecule has 0 bridgehead atoms. The largest absolute Gasteiger partial charge is 0.465 e. The minimum absolute atomic E-state index is 0.202. The third kappa shape index (κ3) is 5.32. The molecule has 0 amide bonds. The Labute approximate surface area is 175 Å². The summed E-state index contributed by atoms with van der Waals surface area (Å²) < 4.78 is 22.1. The smallest absolute Gasteiger partial charge is 0.336 e. The van der Waals surface area contributed by atoms with Crippen molar-refractivity contribution in [2.75, 3.05) is 26.4 Å². The molecular weight excluding hydrogens is 394 g/mol. The van der Waals surface area contributed by atoms with E-state index in [9.17, 15) is 9.59 Å². The van der Waals surface area contributed by atoms with Gasteiger partial charge in [0.15, 0.2) is 0 Å². The summed E-state index contributed by atoms with van der Waals surface area (Å²) in [4.78, 5) is 31.3. The van der Waals surface area contributed by atoms with E-state index in [-0.39, 0.29) is 18.8 Å². The number of rotatable bonds is 10. The molecule has 8 heteroatoms. The molecule has 0 fully saturated rings. The van der Waals surface area contributed by atoms with Crippen LogP contribution in [0.4, 0.5) is 0 Å². The van der Waals surface area contributed by atoms with Crippen LogP contribution in [-0.4, -0.2) is 50.4 Å². The summed E-state index contributed by atoms with van der Waals surface area (Å²) in [5.74, 6) is -2.25. The van der Waals surface area contributed by atoms with Crippen LogP contribution >= 0.6 is 11.3 Å². The van der Waals surface area contributed by atoms with Crippen molar-refractivity contribution in [3.8, 4) is 0 Å². The molecule has 0 aliphatic carbocycles. The maximum absolute atomic E-state index is 13.1. The molecule has 2 unspecified atom stereocenters. The van der Waals surface area contributed by atoms with E-state index in [0.29, 0.717) is 24.6 Å². The summed E-state index contributed by atoms with van der Waals surface area (Å²) >= 11 is 1.46. The van der Waals surface area contributed by atoms with Gasteiger partial charge in [-0.15, -0.1) is 11.3 Å². The lowest BCUT2D eigenvalue weighted by Crippen LogP contribution is -2.38. The first-order chi connectivity index (χ1) is 14.0. The van der Waals surface area contributed by atoms with Crippen LogP contribution in [0.5, 0.6) is 0 Å². The molecule has 0 N–H and O–H groups in total. The molecule has 0 aromatic carbocycles. The highest BCUT2D eigenvalue weighted by Gasteiger charge is 2.45. The molecule has 2 heterocycles. The van der Waals surface area contributed by atoms with Crippen LogP contribution in [-0.2, 0) is 28.5 Å². The molecule has 1 aliphatic rings. The molecule has 2 rings (SSSR count). The van der Waals surface area contributed by atoms with Crippen molar-refractivity contribution in [3.05, 3.63) is 33.7 Å². The minimum atomic E-state index is -0.829. The molecule has 0 saturated heterocycles. The van der Waals surface area contributed by atoms with E-state index in [0.717, 1.165) is 4.88 Å². The lowest BCUT2D eigenvalue weighted by Gasteiger charge is -2.33. The molecule has 2 atom stereocenters. The second kappa shape index (κ2) is 11.2. The molecule has 1 aliphatic heterocycles. The fourth-order valence-corrected chi connectivity index (χ4v) is 4.20. The van der Waals surface area contributed by atoms with Gasteiger partial charge in [-0.05, 0) is 46.1 Å². The van der Waals surface area contributed by atoms with Gasteiger partial charge in [0.1, 0.15) is 11.6 Å². The zero-order valence-electron chi connectivity index (χ0n) is 17.6. The maximum atomic E-state index is 13.1. The standard InChI is InChI=1S/C21H29NO6S/c1-6-25-19(23)15-13(5)22-18(21(27-8-3)28-9-4)17(20(24)26-7-2)16(15)14-11-10-12-29-14/h10-12,15-16,21H,6-9H2,1-5H3. The van der Waals surface area contributed by atoms with Gasteiger partial charge in [0, 0.05) is 29.7 Å². The zero-order chi connectivity index (χ0) is 21.4. The Bertz CT molecular complexity index is 749. The van der Waals surface area contributed by atoms with E-state index in [1.54, 1.807) is 20.8 Å². The number of carbonyl (C=O) groups excluding carboxylic acids is 2. The van der Waals surface area contributed by atoms with E-state index in [2.05, 4.69) is 4.99 Å². The first kappa shape index (κ1) is 23.3. The van der Waals surface area contributed by atoms with E-state index >= 15 is 0 Å². The summed E-state index contributed by atoms with van der Waals surface area (Å²) in [6.45, 7) is 10.1. The SMILES string of the molecule is CCOC(=O)C1=C(C(OCC)OCC)N=C(C)C(C(=O)OCC)C1c1cccs1. The molecule has 0 spiro atoms. The fourth-order valence-electron chi connectivity index (χ4n) is 3.33. The van der Waals surface area contributed by atoms with Crippen molar-refractivity contribution in [2.45, 2.75) is 46.8 Å². The van der Waals surface area contributed by atoms with Gasteiger partial charge >= 0.3 is 11.9 Å². The van der Waals surface area contributed by atoms with Gasteiger partial charge in [-0.25, -0.2) is 4.79 Å². The third-order valence-electron chi connectivity index (χ3n) is 4.41. The number of thiophene rings is 1. The highest BCUT2D eigenvalue weighted by atomic mass is 32.1. The fraction of sp³-hybridized carbons (Fsp3) is 0.571. The molecule has 0 saturated carbocycles. The number of esters is 2. The molecule has 0 radical (unpaired) electrons. The Morgan fingerprint density at radius 1 is 1.07 bits per heavy atom. The van der Waals surface area contributed by atoms with Crippen molar-refractivity contribution >= 4 is 29.0 Å². The second-order valence-electron chi connectivity index (χ2n) is 6.24. The van der Waals surface area contributed by atoms with Crippen molar-refractivity contribution < 1.29 is 28.5 Å². The molecule has 1 aromatic heterocycles. The Balaban J connectivity index is 2.70. The number of nitrogens with zero attached hydrogens (tertiary/aromatic N) is 1. The highest BCUT2D eigenvalue weighted by Crippen LogP contribution is 2.43. The lowest BCUT2D eigenvalue weighted by atomic mass is 9.78. The molecule has 1 aromatic rings. The molecule has 160 valence electrons. The van der Waals surface area contributed by atoms with Crippen molar-refractivity contribution in [3.63, 3.8) is 0 Å². The quantitative estimate of drug-likeness (QED) is 0.421. The monoisotopic (exact) mass is 423 g/mol. The summed E-state index contributed by atoms with van der Waals surface area (Å²) in [7, 11) is 0. The number of hydrogen-bond donors (Lipinski definition) is 0. The molecule has 29 heavy (non-hydrogen) atoms. The zero-order valence-corrected chi connectivity index (χ0v) is 18.4. The van der Waals surface area contributed by atoms with Crippen LogP contribution in [0.25, 0.3) is 0 Å². The van der Waals surface area contributed by atoms with Crippen LogP contribution in [0.15, 0.2) is 33.8 Å². The lowest BCUT2D eigenvalue weighted by molar-refractivity contribution is -0.146. The first-order valence-corrected chi connectivity index (χ1v) is 10.8. The van der Waals surface area contributed by atoms with E-state index in [1.165, 1.54) is 11.3 Å². The normalized spacial score (nSPS) is 19.3. The van der Waals surface area contributed by atoms with Crippen LogP contribution in [0, 0.1) is 5.92 Å². The summed E-state index contributed by atoms with van der Waals surface area (Å²) in [5.41, 5.74) is 1.18.